The molecule has 0 aromatic carbocycles. The van der Waals surface area contributed by atoms with Crippen LogP contribution in [0.4, 0.5) is 4.79 Å². The standard InChI is InChI=1S/C12H21N3O5/c1-20-8-7-13-9(16)3-6-14-11(19)15-12(10(17)18)4-2-5-12/h2-8H2,1H3,(H,13,16)(H,17,18)(H2,14,15,19). The number of hydrogen-bond donors (Lipinski definition) is 4. The molecule has 3 amide bonds. The second-order valence-electron chi connectivity index (χ2n) is 4.71. The number of aliphatic carboxylic acids is 1. The van der Waals surface area contributed by atoms with Crippen molar-refractivity contribution in [3.8, 4) is 0 Å². The van der Waals surface area contributed by atoms with Crippen LogP contribution in [0.2, 0.25) is 0 Å². The summed E-state index contributed by atoms with van der Waals surface area (Å²) >= 11 is 0. The van der Waals surface area contributed by atoms with Crippen molar-refractivity contribution in [2.45, 2.75) is 31.2 Å². The van der Waals surface area contributed by atoms with Gasteiger partial charge in [0.15, 0.2) is 0 Å². The van der Waals surface area contributed by atoms with E-state index < -0.39 is 17.5 Å². The topological polar surface area (TPSA) is 117 Å². The maximum atomic E-state index is 11.6. The number of carboxylic acid groups (broad SMARTS) is 1. The highest BCUT2D eigenvalue weighted by Gasteiger charge is 2.45. The number of carboxylic acids is 1. The van der Waals surface area contributed by atoms with Gasteiger partial charge in [0, 0.05) is 26.6 Å². The average Bonchev–Trinajstić information content (AvgIpc) is 2.33. The molecule has 0 radical (unpaired) electrons. The molecule has 8 nitrogen and oxygen atoms in total. The summed E-state index contributed by atoms with van der Waals surface area (Å²) in [7, 11) is 1.54. The van der Waals surface area contributed by atoms with E-state index in [-0.39, 0.29) is 18.9 Å². The zero-order valence-electron chi connectivity index (χ0n) is 11.5. The number of rotatable bonds is 8. The van der Waals surface area contributed by atoms with Crippen LogP contribution in [0.1, 0.15) is 25.7 Å². The van der Waals surface area contributed by atoms with Gasteiger partial charge in [-0.05, 0) is 19.3 Å². The molecule has 0 aliphatic heterocycles. The first-order valence-corrected chi connectivity index (χ1v) is 6.55. The van der Waals surface area contributed by atoms with Crippen molar-refractivity contribution in [3.63, 3.8) is 0 Å². The first-order chi connectivity index (χ1) is 9.50. The zero-order chi connectivity index (χ0) is 15.0. The Labute approximate surface area is 117 Å². The number of methoxy groups -OCH3 is 1. The zero-order valence-corrected chi connectivity index (χ0v) is 11.5. The molecule has 0 unspecified atom stereocenters. The molecule has 4 N–H and O–H groups in total. The van der Waals surface area contributed by atoms with Crippen LogP contribution in [0.25, 0.3) is 0 Å². The Morgan fingerprint density at radius 3 is 2.40 bits per heavy atom. The van der Waals surface area contributed by atoms with Crippen LogP contribution < -0.4 is 16.0 Å². The molecule has 20 heavy (non-hydrogen) atoms. The fourth-order valence-electron chi connectivity index (χ4n) is 1.85. The maximum absolute atomic E-state index is 11.6. The van der Waals surface area contributed by atoms with Gasteiger partial charge in [-0.1, -0.05) is 0 Å². The van der Waals surface area contributed by atoms with Crippen LogP contribution in [0.5, 0.6) is 0 Å². The van der Waals surface area contributed by atoms with Gasteiger partial charge in [-0.3, -0.25) is 4.79 Å². The molecule has 1 aliphatic rings. The molecule has 0 aromatic heterocycles. The molecule has 1 saturated carbocycles. The van der Waals surface area contributed by atoms with Gasteiger partial charge in [-0.25, -0.2) is 9.59 Å². The van der Waals surface area contributed by atoms with Crippen LogP contribution in [-0.4, -0.2) is 55.4 Å². The predicted octanol–water partition coefficient (Wildman–Crippen LogP) is -0.554. The predicted molar refractivity (Wildman–Crippen MR) is 70.3 cm³/mol. The Balaban J connectivity index is 2.17. The normalized spacial score (nSPS) is 15.8. The smallest absolute Gasteiger partial charge is 0.329 e. The number of hydrogen-bond acceptors (Lipinski definition) is 4. The minimum atomic E-state index is -1.13. The van der Waals surface area contributed by atoms with Gasteiger partial charge in [-0.15, -0.1) is 0 Å². The number of carbonyl (C=O) groups excluding carboxylic acids is 2. The fourth-order valence-corrected chi connectivity index (χ4v) is 1.85. The van der Waals surface area contributed by atoms with Gasteiger partial charge in [0.1, 0.15) is 5.54 Å². The summed E-state index contributed by atoms with van der Waals surface area (Å²) in [6.45, 7) is 1.00. The Morgan fingerprint density at radius 1 is 1.20 bits per heavy atom. The van der Waals surface area contributed by atoms with E-state index in [1.54, 1.807) is 0 Å². The molecule has 1 fully saturated rings. The van der Waals surface area contributed by atoms with Crippen LogP contribution in [-0.2, 0) is 14.3 Å². The van der Waals surface area contributed by atoms with E-state index in [1.165, 1.54) is 7.11 Å². The van der Waals surface area contributed by atoms with Crippen LogP contribution in [0.3, 0.4) is 0 Å². The molecule has 0 bridgehead atoms. The minimum absolute atomic E-state index is 0.136. The first-order valence-electron chi connectivity index (χ1n) is 6.55. The molecular formula is C12H21N3O5. The van der Waals surface area contributed by atoms with E-state index in [2.05, 4.69) is 16.0 Å². The first kappa shape index (κ1) is 16.2. The van der Waals surface area contributed by atoms with E-state index in [0.29, 0.717) is 26.0 Å². The van der Waals surface area contributed by atoms with E-state index in [0.717, 1.165) is 6.42 Å². The molecule has 8 heteroatoms. The monoisotopic (exact) mass is 287 g/mol. The number of nitrogens with one attached hydrogen (secondary N) is 3. The number of ether oxygens (including phenoxy) is 1. The molecule has 0 spiro atoms. The largest absolute Gasteiger partial charge is 0.480 e. The van der Waals surface area contributed by atoms with Crippen LogP contribution in [0.15, 0.2) is 0 Å². The van der Waals surface area contributed by atoms with Crippen molar-refractivity contribution in [2.24, 2.45) is 0 Å². The van der Waals surface area contributed by atoms with Crippen LogP contribution in [0, 0.1) is 0 Å². The highest BCUT2D eigenvalue weighted by molar-refractivity contribution is 5.87. The molecule has 114 valence electrons. The Bertz CT molecular complexity index is 368. The SMILES string of the molecule is COCCNC(=O)CCNC(=O)NC1(C(=O)O)CCC1. The lowest BCUT2D eigenvalue weighted by Crippen LogP contribution is -2.61. The fraction of sp³-hybridized carbons (Fsp3) is 0.750. The van der Waals surface area contributed by atoms with E-state index in [4.69, 9.17) is 9.84 Å². The Morgan fingerprint density at radius 2 is 1.90 bits per heavy atom. The third-order valence-electron chi connectivity index (χ3n) is 3.24. The third-order valence-corrected chi connectivity index (χ3v) is 3.24. The summed E-state index contributed by atoms with van der Waals surface area (Å²) in [4.78, 5) is 33.9. The summed E-state index contributed by atoms with van der Waals surface area (Å²) in [5.74, 6) is -1.21. The average molecular weight is 287 g/mol. The van der Waals surface area contributed by atoms with Gasteiger partial charge < -0.3 is 25.8 Å². The van der Waals surface area contributed by atoms with Gasteiger partial charge in [0.2, 0.25) is 5.91 Å². The summed E-state index contributed by atoms with van der Waals surface area (Å²) in [5, 5.41) is 16.6. The van der Waals surface area contributed by atoms with Gasteiger partial charge in [-0.2, -0.15) is 0 Å². The molecule has 1 rings (SSSR count). The minimum Gasteiger partial charge on any atom is -0.480 e. The van der Waals surface area contributed by atoms with Gasteiger partial charge in [0.25, 0.3) is 0 Å². The summed E-state index contributed by atoms with van der Waals surface area (Å²) in [6, 6.07) is -0.559. The third kappa shape index (κ3) is 4.69. The van der Waals surface area contributed by atoms with Crippen molar-refractivity contribution in [1.82, 2.24) is 16.0 Å². The Hall–Kier alpha value is -1.83. The van der Waals surface area contributed by atoms with Gasteiger partial charge >= 0.3 is 12.0 Å². The number of carbonyl (C=O) groups is 3. The highest BCUT2D eigenvalue weighted by atomic mass is 16.5. The lowest BCUT2D eigenvalue weighted by Gasteiger charge is -2.38. The van der Waals surface area contributed by atoms with E-state index >= 15 is 0 Å². The molecule has 0 saturated heterocycles. The van der Waals surface area contributed by atoms with Crippen molar-refractivity contribution in [3.05, 3.63) is 0 Å². The summed E-state index contributed by atoms with van der Waals surface area (Å²) < 4.78 is 4.78. The second-order valence-corrected chi connectivity index (χ2v) is 4.71. The highest BCUT2D eigenvalue weighted by Crippen LogP contribution is 2.31. The maximum Gasteiger partial charge on any atom is 0.329 e. The molecule has 0 aromatic rings. The molecule has 0 heterocycles. The molecule has 0 atom stereocenters. The van der Waals surface area contributed by atoms with Gasteiger partial charge in [0.05, 0.1) is 6.61 Å². The lowest BCUT2D eigenvalue weighted by molar-refractivity contribution is -0.148. The number of amides is 3. The van der Waals surface area contributed by atoms with Crippen LogP contribution >= 0.6 is 0 Å². The summed E-state index contributed by atoms with van der Waals surface area (Å²) in [5.41, 5.74) is -1.13. The summed E-state index contributed by atoms with van der Waals surface area (Å²) in [6.07, 6.45) is 1.80. The van der Waals surface area contributed by atoms with Crippen molar-refractivity contribution in [2.75, 3.05) is 26.8 Å². The van der Waals surface area contributed by atoms with Crippen molar-refractivity contribution < 1.29 is 24.2 Å². The van der Waals surface area contributed by atoms with E-state index in [9.17, 15) is 14.4 Å². The van der Waals surface area contributed by atoms with Crippen molar-refractivity contribution >= 4 is 17.9 Å². The van der Waals surface area contributed by atoms with Crippen molar-refractivity contribution in [1.29, 1.82) is 0 Å². The molecular weight excluding hydrogens is 266 g/mol. The lowest BCUT2D eigenvalue weighted by atomic mass is 9.77. The number of urea groups is 1. The molecule has 1 aliphatic carbocycles. The Kier molecular flexibility index (Phi) is 6.23. The van der Waals surface area contributed by atoms with E-state index in [1.807, 2.05) is 0 Å². The second kappa shape index (κ2) is 7.68. The quantitative estimate of drug-likeness (QED) is 0.447.